The van der Waals surface area contributed by atoms with Gasteiger partial charge in [-0.2, -0.15) is 31.3 Å². The van der Waals surface area contributed by atoms with E-state index in [0.29, 0.717) is 40.9 Å². The summed E-state index contributed by atoms with van der Waals surface area (Å²) in [5.41, 5.74) is -3.13. The van der Waals surface area contributed by atoms with Crippen LogP contribution >= 0.6 is 11.6 Å². The van der Waals surface area contributed by atoms with Gasteiger partial charge in [0.05, 0.1) is 17.7 Å². The van der Waals surface area contributed by atoms with Crippen LogP contribution in [0.4, 0.5) is 32.0 Å². The first-order valence-electron chi connectivity index (χ1n) is 9.04. The van der Waals surface area contributed by atoms with Gasteiger partial charge >= 0.3 is 12.4 Å². The summed E-state index contributed by atoms with van der Waals surface area (Å²) in [5, 5.41) is 12.8. The fraction of sp³-hybridized carbons (Fsp3) is 0.200. The Morgan fingerprint density at radius 2 is 1.69 bits per heavy atom. The second-order valence-electron chi connectivity index (χ2n) is 7.29. The largest absolute Gasteiger partial charge is 0.503 e. The summed E-state index contributed by atoms with van der Waals surface area (Å²) < 4.78 is 78.0. The highest BCUT2D eigenvalue weighted by Gasteiger charge is 2.58. The summed E-state index contributed by atoms with van der Waals surface area (Å²) in [7, 11) is 0. The van der Waals surface area contributed by atoms with Crippen molar-refractivity contribution in [3.63, 3.8) is 0 Å². The number of hydrogen-bond acceptors (Lipinski definition) is 3. The number of benzene rings is 2. The fourth-order valence-corrected chi connectivity index (χ4v) is 3.60. The van der Waals surface area contributed by atoms with Gasteiger partial charge in [0.2, 0.25) is 0 Å². The number of aliphatic imine (C=N–C) groups is 1. The predicted molar refractivity (Wildman–Crippen MR) is 104 cm³/mol. The molecule has 2 aromatic carbocycles. The van der Waals surface area contributed by atoms with E-state index in [0.717, 1.165) is 0 Å². The minimum absolute atomic E-state index is 0.0234. The zero-order valence-electron chi connectivity index (χ0n) is 15.9. The van der Waals surface area contributed by atoms with E-state index in [4.69, 9.17) is 11.6 Å². The topological polar surface area (TPSA) is 61.7 Å². The van der Waals surface area contributed by atoms with Gasteiger partial charge in [0.25, 0.3) is 11.7 Å². The smallest absolute Gasteiger partial charge is 0.416 e. The third-order valence-corrected chi connectivity index (χ3v) is 5.27. The van der Waals surface area contributed by atoms with E-state index < -0.39 is 35.0 Å². The highest BCUT2D eigenvalue weighted by Crippen LogP contribution is 2.46. The standard InChI is InChI=1S/C20H12ClF6N3O2/c21-13-1-2-16(31)15(6-13)30-8-14(29-17(30)9-30)7-28-18(32)10-3-11(19(22,23)24)5-12(4-10)20(25,26)27/h1-6,8H,7,9H2,(H-,28,31,32)/p+1. The fourth-order valence-electron chi connectivity index (χ4n) is 3.44. The molecular weight excluding hydrogens is 464 g/mol. The SMILES string of the molecule is O=C(NCC1=C[N+]2(c3cc(Cl)ccc3O)CC2=N1)c1cc(C(F)(F)F)cc(C(F)(F)F)c1. The van der Waals surface area contributed by atoms with Crippen LogP contribution in [0.5, 0.6) is 5.75 Å². The van der Waals surface area contributed by atoms with Crippen LogP contribution in [0.1, 0.15) is 21.5 Å². The summed E-state index contributed by atoms with van der Waals surface area (Å²) in [5.74, 6) is -0.495. The third kappa shape index (κ3) is 4.05. The van der Waals surface area contributed by atoms with E-state index in [1.54, 1.807) is 12.3 Å². The molecule has 2 aliphatic heterocycles. The molecule has 0 aromatic heterocycles. The number of halogens is 7. The van der Waals surface area contributed by atoms with Gasteiger partial charge in [0, 0.05) is 16.7 Å². The molecular formula is C20H13ClF6N3O2+. The maximum Gasteiger partial charge on any atom is 0.416 e. The second kappa shape index (κ2) is 7.24. The molecule has 32 heavy (non-hydrogen) atoms. The Bertz CT molecular complexity index is 1160. The van der Waals surface area contributed by atoms with Crippen LogP contribution in [0.2, 0.25) is 5.02 Å². The zero-order valence-corrected chi connectivity index (χ0v) is 16.6. The van der Waals surface area contributed by atoms with E-state index in [1.807, 2.05) is 0 Å². The van der Waals surface area contributed by atoms with E-state index in [9.17, 15) is 36.2 Å². The highest BCUT2D eigenvalue weighted by atomic mass is 35.5. The van der Waals surface area contributed by atoms with Gasteiger partial charge in [-0.05, 0) is 30.3 Å². The Morgan fingerprint density at radius 1 is 1.06 bits per heavy atom. The van der Waals surface area contributed by atoms with Crippen LogP contribution in [-0.4, -0.2) is 29.9 Å². The molecule has 2 aliphatic rings. The third-order valence-electron chi connectivity index (χ3n) is 5.04. The zero-order chi connectivity index (χ0) is 23.5. The number of nitrogens with zero attached hydrogens (tertiary/aromatic N) is 2. The Morgan fingerprint density at radius 3 is 2.28 bits per heavy atom. The van der Waals surface area contributed by atoms with Gasteiger partial charge in [-0.1, -0.05) is 11.6 Å². The molecule has 0 radical (unpaired) electrons. The quantitative estimate of drug-likeness (QED) is 0.367. The molecule has 1 saturated heterocycles. The minimum atomic E-state index is -5.06. The van der Waals surface area contributed by atoms with Crippen molar-refractivity contribution in [3.8, 4) is 5.75 Å². The number of phenols is 1. The Hall–Kier alpha value is -3.05. The van der Waals surface area contributed by atoms with Crippen LogP contribution in [0, 0.1) is 0 Å². The van der Waals surface area contributed by atoms with Gasteiger partial charge in [-0.25, -0.2) is 4.48 Å². The average molecular weight is 477 g/mol. The molecule has 0 aliphatic carbocycles. The molecule has 1 amide bonds. The van der Waals surface area contributed by atoms with Crippen LogP contribution in [0.25, 0.3) is 0 Å². The molecule has 2 N–H and O–H groups in total. The number of phenolic OH excluding ortho intramolecular Hbond substituents is 1. The second-order valence-corrected chi connectivity index (χ2v) is 7.72. The number of hydrogen-bond donors (Lipinski definition) is 2. The van der Waals surface area contributed by atoms with Crippen molar-refractivity contribution < 1.29 is 36.2 Å². The molecule has 1 atom stereocenters. The summed E-state index contributed by atoms with van der Waals surface area (Å²) in [6.45, 7) is 0.231. The molecule has 2 aromatic rings. The number of fused-ring (bicyclic) bond motifs is 1. The molecule has 5 nitrogen and oxygen atoms in total. The average Bonchev–Trinajstić information content (AvgIpc) is 3.27. The van der Waals surface area contributed by atoms with Gasteiger partial charge in [-0.15, -0.1) is 0 Å². The molecule has 0 bridgehead atoms. The van der Waals surface area contributed by atoms with Crippen molar-refractivity contribution in [3.05, 3.63) is 70.0 Å². The van der Waals surface area contributed by atoms with Crippen molar-refractivity contribution in [1.82, 2.24) is 9.80 Å². The first-order chi connectivity index (χ1) is 14.8. The first kappa shape index (κ1) is 22.2. The van der Waals surface area contributed by atoms with Gasteiger partial charge in [-0.3, -0.25) is 4.79 Å². The number of amidine groups is 1. The summed E-state index contributed by atoms with van der Waals surface area (Å²) >= 11 is 5.97. The summed E-state index contributed by atoms with van der Waals surface area (Å²) in [6.07, 6.45) is -8.49. The Balaban J connectivity index is 1.54. The van der Waals surface area contributed by atoms with Crippen LogP contribution in [0.3, 0.4) is 0 Å². The number of carbonyl (C=O) groups excluding carboxylic acids is 1. The molecule has 2 heterocycles. The Kier molecular flexibility index (Phi) is 5.01. The lowest BCUT2D eigenvalue weighted by molar-refractivity contribution is -0.143. The number of quaternary nitrogens is 1. The number of aromatic hydroxyl groups is 1. The lowest BCUT2D eigenvalue weighted by atomic mass is 10.0. The maximum atomic E-state index is 13.0. The van der Waals surface area contributed by atoms with Crippen molar-refractivity contribution in [1.29, 1.82) is 0 Å². The number of rotatable bonds is 4. The summed E-state index contributed by atoms with van der Waals surface area (Å²) in [6, 6.07) is 5.15. The molecule has 0 saturated carbocycles. The molecule has 0 spiro atoms. The lowest BCUT2D eigenvalue weighted by Gasteiger charge is -2.14. The molecule has 4 rings (SSSR count). The molecule has 168 valence electrons. The Labute approximate surface area is 181 Å². The van der Waals surface area contributed by atoms with Gasteiger partial charge in [0.1, 0.15) is 11.9 Å². The van der Waals surface area contributed by atoms with Gasteiger partial charge < -0.3 is 10.4 Å². The molecule has 1 unspecified atom stereocenters. The van der Waals surface area contributed by atoms with E-state index in [1.165, 1.54) is 12.1 Å². The number of amides is 1. The van der Waals surface area contributed by atoms with Crippen LogP contribution in [-0.2, 0) is 12.4 Å². The monoisotopic (exact) mass is 476 g/mol. The van der Waals surface area contributed by atoms with Crippen molar-refractivity contribution in [2.24, 2.45) is 4.99 Å². The van der Waals surface area contributed by atoms with E-state index in [-0.39, 0.29) is 22.8 Å². The molecule has 12 heteroatoms. The number of nitrogens with one attached hydrogen (secondary N) is 1. The summed E-state index contributed by atoms with van der Waals surface area (Å²) in [4.78, 5) is 16.6. The normalized spacial score (nSPS) is 19.8. The van der Waals surface area contributed by atoms with Crippen molar-refractivity contribution >= 4 is 29.0 Å². The number of alkyl halides is 6. The lowest BCUT2D eigenvalue weighted by Crippen LogP contribution is -2.27. The minimum Gasteiger partial charge on any atom is -0.503 e. The maximum absolute atomic E-state index is 13.0. The number of carbonyl (C=O) groups is 1. The van der Waals surface area contributed by atoms with Crippen LogP contribution in [0.15, 0.2) is 53.3 Å². The highest BCUT2D eigenvalue weighted by molar-refractivity contribution is 6.31. The predicted octanol–water partition coefficient (Wildman–Crippen LogP) is 5.09. The van der Waals surface area contributed by atoms with Crippen LogP contribution < -0.4 is 9.80 Å². The first-order valence-corrected chi connectivity index (χ1v) is 9.42. The van der Waals surface area contributed by atoms with Crippen molar-refractivity contribution in [2.75, 3.05) is 13.1 Å². The molecule has 1 fully saturated rings. The van der Waals surface area contributed by atoms with Gasteiger partial charge in [0.15, 0.2) is 18.0 Å². The van der Waals surface area contributed by atoms with E-state index >= 15 is 0 Å². The van der Waals surface area contributed by atoms with E-state index in [2.05, 4.69) is 10.3 Å². The van der Waals surface area contributed by atoms with Crippen molar-refractivity contribution in [2.45, 2.75) is 12.4 Å².